The summed E-state index contributed by atoms with van der Waals surface area (Å²) in [4.78, 5) is 26.8. The van der Waals surface area contributed by atoms with Crippen LogP contribution in [-0.2, 0) is 19.7 Å². The maximum Gasteiger partial charge on any atom is 0.387 e. The van der Waals surface area contributed by atoms with Crippen LogP contribution >= 0.6 is 23.2 Å². The average Bonchev–Trinajstić information content (AvgIpc) is 3.78. The monoisotopic (exact) mass is 643 g/mol. The molecule has 1 aromatic carbocycles. The van der Waals surface area contributed by atoms with Crippen molar-refractivity contribution >= 4 is 35.2 Å². The fourth-order valence-electron chi connectivity index (χ4n) is 5.35. The van der Waals surface area contributed by atoms with Gasteiger partial charge in [-0.25, -0.2) is 4.79 Å². The molecule has 0 saturated heterocycles. The Bertz CT molecular complexity index is 1360. The minimum atomic E-state index is -3.07. The summed E-state index contributed by atoms with van der Waals surface area (Å²) in [5.74, 6) is -1.71. The van der Waals surface area contributed by atoms with Crippen LogP contribution in [0.2, 0.25) is 0 Å². The number of hydroxylamine groups is 2. The Morgan fingerprint density at radius 3 is 2.58 bits per heavy atom. The van der Waals surface area contributed by atoms with Gasteiger partial charge in [-0.2, -0.15) is 8.78 Å². The zero-order valence-corrected chi connectivity index (χ0v) is 25.3. The van der Waals surface area contributed by atoms with Gasteiger partial charge in [0.05, 0.1) is 31.9 Å². The highest BCUT2D eigenvalue weighted by molar-refractivity contribution is 6.36. The average molecular weight is 644 g/mol. The van der Waals surface area contributed by atoms with Crippen molar-refractivity contribution in [2.24, 2.45) is 5.92 Å². The molecule has 2 aliphatic carbocycles. The van der Waals surface area contributed by atoms with E-state index in [0.29, 0.717) is 23.4 Å². The number of amides is 2. The van der Waals surface area contributed by atoms with Gasteiger partial charge >= 0.3 is 18.6 Å². The number of urea groups is 1. The molecule has 14 heteroatoms. The number of rotatable bonds is 12. The van der Waals surface area contributed by atoms with Gasteiger partial charge in [0.25, 0.3) is 0 Å². The van der Waals surface area contributed by atoms with Crippen molar-refractivity contribution in [3.8, 4) is 11.5 Å². The standard InChI is InChI=1S/C29H33Cl2F2N3O7/c1-4-42-26(37)29(18-7-8-22(43-27(32)33)23(16-5-6-16)25(18)41-3)10-9-17(35-28(38)34-11-12-40-2)13-19(29)24-20(30)14-36(39)15-21(24)31/h7-10,13-14,16,19,27,39H,4-6,11-12,15H2,1-3H3,(H2,34,35,38). The molecule has 2 unspecified atom stereocenters. The fraction of sp³-hybridized carbons (Fsp3) is 0.448. The summed E-state index contributed by atoms with van der Waals surface area (Å²) in [5, 5.41) is 16.5. The molecule has 1 heterocycles. The first-order chi connectivity index (χ1) is 20.6. The van der Waals surface area contributed by atoms with Crippen LogP contribution in [0.3, 0.4) is 0 Å². The van der Waals surface area contributed by atoms with Crippen molar-refractivity contribution in [1.29, 1.82) is 0 Å². The lowest BCUT2D eigenvalue weighted by atomic mass is 9.63. The molecule has 2 amide bonds. The predicted octanol–water partition coefficient (Wildman–Crippen LogP) is 5.27. The molecule has 43 heavy (non-hydrogen) atoms. The second-order valence-corrected chi connectivity index (χ2v) is 10.9. The fourth-order valence-corrected chi connectivity index (χ4v) is 6.08. The first-order valence-electron chi connectivity index (χ1n) is 13.6. The number of nitrogens with zero attached hydrogens (tertiary/aromatic N) is 1. The lowest BCUT2D eigenvalue weighted by Crippen LogP contribution is -2.47. The molecule has 10 nitrogen and oxygen atoms in total. The number of ether oxygens (including phenoxy) is 4. The molecule has 3 N–H and O–H groups in total. The number of alkyl halides is 2. The minimum absolute atomic E-state index is 0.0169. The molecular weight excluding hydrogens is 611 g/mol. The normalized spacial score (nSPS) is 21.8. The first kappa shape index (κ1) is 32.6. The summed E-state index contributed by atoms with van der Waals surface area (Å²) in [6.45, 7) is -0.990. The van der Waals surface area contributed by atoms with Gasteiger partial charge in [0.1, 0.15) is 16.9 Å². The molecule has 0 aromatic heterocycles. The highest BCUT2D eigenvalue weighted by atomic mass is 35.5. The SMILES string of the molecule is CCOC(=O)C1(c2ccc(OC(F)F)c(C3CC3)c2OC)C=CC(NC(=O)NCCOC)=CC1C1=C(Cl)CN(O)C=C1Cl. The summed E-state index contributed by atoms with van der Waals surface area (Å²) >= 11 is 13.3. The van der Waals surface area contributed by atoms with E-state index in [2.05, 4.69) is 10.6 Å². The van der Waals surface area contributed by atoms with Crippen LogP contribution in [0.15, 0.2) is 57.9 Å². The van der Waals surface area contributed by atoms with Crippen LogP contribution in [-0.4, -0.2) is 69.4 Å². The predicted molar refractivity (Wildman–Crippen MR) is 154 cm³/mol. The van der Waals surface area contributed by atoms with Gasteiger partial charge < -0.3 is 29.6 Å². The number of esters is 1. The van der Waals surface area contributed by atoms with Crippen LogP contribution in [0.4, 0.5) is 13.6 Å². The van der Waals surface area contributed by atoms with E-state index in [1.165, 1.54) is 38.6 Å². The molecule has 3 aliphatic rings. The van der Waals surface area contributed by atoms with E-state index >= 15 is 0 Å². The van der Waals surface area contributed by atoms with E-state index in [4.69, 9.17) is 42.1 Å². The van der Waals surface area contributed by atoms with Crippen LogP contribution < -0.4 is 20.1 Å². The number of carbonyl (C=O) groups excluding carboxylic acids is 2. The van der Waals surface area contributed by atoms with Crippen LogP contribution in [0.1, 0.15) is 36.8 Å². The van der Waals surface area contributed by atoms with Crippen molar-refractivity contribution in [2.45, 2.75) is 37.7 Å². The topological polar surface area (TPSA) is 119 Å². The molecule has 1 aromatic rings. The zero-order chi connectivity index (χ0) is 31.3. The Morgan fingerprint density at radius 1 is 1.23 bits per heavy atom. The van der Waals surface area contributed by atoms with E-state index in [9.17, 15) is 23.6 Å². The summed E-state index contributed by atoms with van der Waals surface area (Å²) in [5.41, 5.74) is -0.396. The number of allylic oxidation sites excluding steroid dienone is 4. The summed E-state index contributed by atoms with van der Waals surface area (Å²) in [7, 11) is 2.89. The number of carbonyl (C=O) groups is 2. The molecular formula is C29H33Cl2F2N3O7. The summed E-state index contributed by atoms with van der Waals surface area (Å²) < 4.78 is 48.0. The van der Waals surface area contributed by atoms with Gasteiger partial charge in [-0.15, -0.1) is 0 Å². The zero-order valence-electron chi connectivity index (χ0n) is 23.8. The van der Waals surface area contributed by atoms with Gasteiger partial charge in [-0.3, -0.25) is 15.1 Å². The minimum Gasteiger partial charge on any atom is -0.496 e. The number of benzene rings is 1. The van der Waals surface area contributed by atoms with Crippen LogP contribution in [0.25, 0.3) is 0 Å². The van der Waals surface area contributed by atoms with Crippen molar-refractivity contribution in [3.05, 3.63) is 69.0 Å². The van der Waals surface area contributed by atoms with E-state index < -0.39 is 29.9 Å². The Morgan fingerprint density at radius 2 is 1.98 bits per heavy atom. The van der Waals surface area contributed by atoms with Gasteiger partial charge in [0.2, 0.25) is 0 Å². The van der Waals surface area contributed by atoms with Gasteiger partial charge in [-0.05, 0) is 43.4 Å². The third kappa shape index (κ3) is 6.93. The number of hydrogen-bond donors (Lipinski definition) is 3. The molecule has 4 rings (SSSR count). The van der Waals surface area contributed by atoms with Crippen molar-refractivity contribution in [3.63, 3.8) is 0 Å². The van der Waals surface area contributed by atoms with E-state index in [1.54, 1.807) is 19.1 Å². The number of nitrogens with one attached hydrogen (secondary N) is 2. The maximum atomic E-state index is 14.2. The van der Waals surface area contributed by atoms with E-state index in [1.807, 2.05) is 0 Å². The van der Waals surface area contributed by atoms with Gasteiger partial charge in [-0.1, -0.05) is 41.4 Å². The number of halogens is 4. The molecule has 0 bridgehead atoms. The third-order valence-electron chi connectivity index (χ3n) is 7.26. The third-order valence-corrected chi connectivity index (χ3v) is 7.88. The largest absolute Gasteiger partial charge is 0.496 e. The van der Waals surface area contributed by atoms with Crippen LogP contribution in [0, 0.1) is 5.92 Å². The van der Waals surface area contributed by atoms with Gasteiger partial charge in [0, 0.05) is 47.6 Å². The molecule has 2 atom stereocenters. The Hall–Kier alpha value is -3.32. The van der Waals surface area contributed by atoms with Crippen LogP contribution in [0.5, 0.6) is 11.5 Å². The first-order valence-corrected chi connectivity index (χ1v) is 14.3. The Kier molecular flexibility index (Phi) is 10.6. The molecule has 234 valence electrons. The van der Waals surface area contributed by atoms with E-state index in [0.717, 1.165) is 17.9 Å². The summed E-state index contributed by atoms with van der Waals surface area (Å²) in [6, 6.07) is 2.34. The lowest BCUT2D eigenvalue weighted by Gasteiger charge is -2.41. The molecule has 0 spiro atoms. The second-order valence-electron chi connectivity index (χ2n) is 10.0. The molecule has 1 aliphatic heterocycles. The molecule has 1 fully saturated rings. The maximum absolute atomic E-state index is 14.2. The highest BCUT2D eigenvalue weighted by Crippen LogP contribution is 2.56. The van der Waals surface area contributed by atoms with Gasteiger partial charge in [0.15, 0.2) is 0 Å². The lowest BCUT2D eigenvalue weighted by molar-refractivity contribution is -0.149. The highest BCUT2D eigenvalue weighted by Gasteiger charge is 2.53. The van der Waals surface area contributed by atoms with Crippen molar-refractivity contribution in [2.75, 3.05) is 40.5 Å². The molecule has 0 radical (unpaired) electrons. The molecule has 1 saturated carbocycles. The van der Waals surface area contributed by atoms with Crippen molar-refractivity contribution in [1.82, 2.24) is 15.7 Å². The number of methoxy groups -OCH3 is 2. The second kappa shape index (κ2) is 14.0. The summed E-state index contributed by atoms with van der Waals surface area (Å²) in [6.07, 6.45) is 7.38. The van der Waals surface area contributed by atoms with E-state index in [-0.39, 0.29) is 52.8 Å². The Balaban J connectivity index is 1.95. The smallest absolute Gasteiger partial charge is 0.387 e. The Labute approximate surface area is 257 Å². The number of hydrogen-bond acceptors (Lipinski definition) is 8. The quantitative estimate of drug-likeness (QED) is 0.208. The van der Waals surface area contributed by atoms with Crippen molar-refractivity contribution < 1.29 is 42.5 Å².